The van der Waals surface area contributed by atoms with Crippen molar-refractivity contribution >= 4 is 5.78 Å². The highest BCUT2D eigenvalue weighted by molar-refractivity contribution is 5.97. The van der Waals surface area contributed by atoms with Crippen molar-refractivity contribution in [3.8, 4) is 0 Å². The third kappa shape index (κ3) is 3.89. The number of Topliss-reactive ketones (excluding diaryl/α,β-unsaturated/α-hetero) is 1. The molecule has 0 bridgehead atoms. The normalized spacial score (nSPS) is 11.7. The molecule has 0 N–H and O–H groups in total. The van der Waals surface area contributed by atoms with Crippen molar-refractivity contribution in [1.82, 2.24) is 9.13 Å². The Morgan fingerprint density at radius 3 is 2.56 bits per heavy atom. The molecule has 3 heterocycles. The summed E-state index contributed by atoms with van der Waals surface area (Å²) >= 11 is 0. The molecule has 0 radical (unpaired) electrons. The third-order valence-corrected chi connectivity index (χ3v) is 4.39. The summed E-state index contributed by atoms with van der Waals surface area (Å²) in [6.07, 6.45) is -2.37. The minimum atomic E-state index is -4.59. The lowest BCUT2D eigenvalue weighted by Crippen LogP contribution is -2.25. The van der Waals surface area contributed by atoms with E-state index in [0.29, 0.717) is 35.8 Å². The molecule has 0 saturated heterocycles. The summed E-state index contributed by atoms with van der Waals surface area (Å²) in [5.74, 6) is 0.278. The van der Waals surface area contributed by atoms with Crippen LogP contribution in [0.5, 0.6) is 0 Å². The van der Waals surface area contributed by atoms with Crippen LogP contribution in [0, 0.1) is 13.8 Å². The van der Waals surface area contributed by atoms with Gasteiger partial charge in [0.25, 0.3) is 5.56 Å². The van der Waals surface area contributed by atoms with Gasteiger partial charge in [-0.2, -0.15) is 13.2 Å². The Kier molecular flexibility index (Phi) is 4.82. The summed E-state index contributed by atoms with van der Waals surface area (Å²) in [4.78, 5) is 24.5. The van der Waals surface area contributed by atoms with E-state index < -0.39 is 29.6 Å². The van der Waals surface area contributed by atoms with Crippen LogP contribution in [0.25, 0.3) is 0 Å². The van der Waals surface area contributed by atoms with E-state index in [9.17, 15) is 22.8 Å². The Hall–Kier alpha value is -3.03. The van der Waals surface area contributed by atoms with Gasteiger partial charge in [-0.1, -0.05) is 0 Å². The smallest absolute Gasteiger partial charge is 0.417 e. The lowest BCUT2D eigenvalue weighted by molar-refractivity contribution is -0.138. The van der Waals surface area contributed by atoms with Crippen LogP contribution in [0.15, 0.2) is 52.0 Å². The van der Waals surface area contributed by atoms with Crippen molar-refractivity contribution < 1.29 is 22.4 Å². The predicted octanol–water partition coefficient (Wildman–Crippen LogP) is 3.81. The summed E-state index contributed by atoms with van der Waals surface area (Å²) in [5, 5.41) is 0. The van der Waals surface area contributed by atoms with Gasteiger partial charge >= 0.3 is 6.18 Å². The average Bonchev–Trinajstić information content (AvgIpc) is 3.19. The topological polar surface area (TPSA) is 57.1 Å². The molecule has 0 aliphatic heterocycles. The van der Waals surface area contributed by atoms with Crippen molar-refractivity contribution in [3.63, 3.8) is 0 Å². The van der Waals surface area contributed by atoms with Crippen LogP contribution in [-0.2, 0) is 19.3 Å². The molecule has 0 spiro atoms. The van der Waals surface area contributed by atoms with E-state index in [1.807, 2.05) is 17.6 Å². The molecular formula is C19H17F3N2O3. The van der Waals surface area contributed by atoms with E-state index in [1.54, 1.807) is 25.3 Å². The van der Waals surface area contributed by atoms with Crippen molar-refractivity contribution in [3.05, 3.63) is 81.4 Å². The maximum absolute atomic E-state index is 12.8. The number of carbonyl (C=O) groups is 1. The summed E-state index contributed by atoms with van der Waals surface area (Å²) in [6, 6.07) is 6.76. The van der Waals surface area contributed by atoms with Crippen molar-refractivity contribution in [2.24, 2.45) is 0 Å². The zero-order valence-electron chi connectivity index (χ0n) is 14.7. The number of carbonyl (C=O) groups excluding carboxylic acids is 1. The molecule has 5 nitrogen and oxygen atoms in total. The standard InChI is InChI=1S/C19H17F3N2O3/c1-12-8-16(13(2)24(12)10-15-4-3-7-27-15)17(25)11-23-9-14(19(20,21)22)5-6-18(23)26/h3-9H,10-11H2,1-2H3. The van der Waals surface area contributed by atoms with Gasteiger partial charge in [-0.05, 0) is 38.1 Å². The Bertz CT molecular complexity index is 1030. The summed E-state index contributed by atoms with van der Waals surface area (Å²) in [5.41, 5.74) is 0.194. The van der Waals surface area contributed by atoms with Crippen LogP contribution in [0.1, 0.15) is 33.1 Å². The second kappa shape index (κ2) is 6.94. The largest absolute Gasteiger partial charge is 0.467 e. The first-order chi connectivity index (χ1) is 12.7. The van der Waals surface area contributed by atoms with Crippen LogP contribution in [0.2, 0.25) is 0 Å². The Balaban J connectivity index is 1.88. The first kappa shape index (κ1) is 18.8. The van der Waals surface area contributed by atoms with Crippen molar-refractivity contribution in [2.75, 3.05) is 0 Å². The van der Waals surface area contributed by atoms with Gasteiger partial charge in [0.05, 0.1) is 24.9 Å². The number of halogens is 3. The van der Waals surface area contributed by atoms with E-state index in [2.05, 4.69) is 0 Å². The number of nitrogens with zero attached hydrogens (tertiary/aromatic N) is 2. The van der Waals surface area contributed by atoms with Crippen LogP contribution in [0.3, 0.4) is 0 Å². The minimum Gasteiger partial charge on any atom is -0.467 e. The first-order valence-electron chi connectivity index (χ1n) is 8.17. The molecule has 0 atom stereocenters. The zero-order chi connectivity index (χ0) is 19.8. The van der Waals surface area contributed by atoms with Crippen molar-refractivity contribution in [2.45, 2.75) is 33.1 Å². The number of furan rings is 1. The average molecular weight is 378 g/mol. The van der Waals surface area contributed by atoms with Crippen molar-refractivity contribution in [1.29, 1.82) is 0 Å². The lowest BCUT2D eigenvalue weighted by atomic mass is 10.1. The second-order valence-electron chi connectivity index (χ2n) is 6.26. The maximum Gasteiger partial charge on any atom is 0.417 e. The number of ketones is 1. The predicted molar refractivity (Wildman–Crippen MR) is 91.8 cm³/mol. The van der Waals surface area contributed by atoms with E-state index in [1.165, 1.54) is 0 Å². The number of aromatic nitrogens is 2. The second-order valence-corrected chi connectivity index (χ2v) is 6.26. The molecule has 8 heteroatoms. The molecule has 3 rings (SSSR count). The number of pyridine rings is 1. The summed E-state index contributed by atoms with van der Waals surface area (Å²) < 4.78 is 46.5. The molecule has 0 unspecified atom stereocenters. The fraction of sp³-hybridized carbons (Fsp3) is 0.263. The molecule has 0 aliphatic carbocycles. The molecule has 3 aromatic heterocycles. The fourth-order valence-electron chi connectivity index (χ4n) is 2.95. The molecule has 3 aromatic rings. The van der Waals surface area contributed by atoms with Gasteiger partial charge in [-0.15, -0.1) is 0 Å². The van der Waals surface area contributed by atoms with Crippen LogP contribution >= 0.6 is 0 Å². The minimum absolute atomic E-state index is 0.364. The number of aryl methyl sites for hydroxylation is 1. The van der Waals surface area contributed by atoms with Gasteiger partial charge in [0.15, 0.2) is 5.78 Å². The van der Waals surface area contributed by atoms with Crippen LogP contribution in [0.4, 0.5) is 13.2 Å². The van der Waals surface area contributed by atoms with Gasteiger partial charge in [-0.25, -0.2) is 0 Å². The maximum atomic E-state index is 12.8. The quantitative estimate of drug-likeness (QED) is 0.635. The van der Waals surface area contributed by atoms with E-state index in [-0.39, 0.29) is 0 Å². The molecule has 27 heavy (non-hydrogen) atoms. The number of alkyl halides is 3. The molecule has 0 fully saturated rings. The van der Waals surface area contributed by atoms with E-state index in [4.69, 9.17) is 4.42 Å². The Labute approximate surface area is 152 Å². The van der Waals surface area contributed by atoms with Gasteiger partial charge in [0.1, 0.15) is 5.76 Å². The SMILES string of the molecule is Cc1cc(C(=O)Cn2cc(C(F)(F)F)ccc2=O)c(C)n1Cc1ccco1. The molecule has 0 amide bonds. The van der Waals surface area contributed by atoms with E-state index >= 15 is 0 Å². The van der Waals surface area contributed by atoms with Crippen LogP contribution < -0.4 is 5.56 Å². The van der Waals surface area contributed by atoms with Gasteiger partial charge in [0.2, 0.25) is 0 Å². The molecular weight excluding hydrogens is 361 g/mol. The fourth-order valence-corrected chi connectivity index (χ4v) is 2.95. The molecule has 0 aromatic carbocycles. The monoisotopic (exact) mass is 378 g/mol. The first-order valence-corrected chi connectivity index (χ1v) is 8.17. The van der Waals surface area contributed by atoms with Gasteiger partial charge < -0.3 is 13.6 Å². The summed E-state index contributed by atoms with van der Waals surface area (Å²) in [6.45, 7) is 3.54. The summed E-state index contributed by atoms with van der Waals surface area (Å²) in [7, 11) is 0. The molecule has 0 saturated carbocycles. The van der Waals surface area contributed by atoms with Crippen LogP contribution in [-0.4, -0.2) is 14.9 Å². The Morgan fingerprint density at radius 2 is 1.93 bits per heavy atom. The molecule has 142 valence electrons. The number of hydrogen-bond donors (Lipinski definition) is 0. The number of rotatable bonds is 5. The van der Waals surface area contributed by atoms with Gasteiger partial charge in [-0.3, -0.25) is 9.59 Å². The highest BCUT2D eigenvalue weighted by Gasteiger charge is 2.31. The highest BCUT2D eigenvalue weighted by atomic mass is 19.4. The van der Waals surface area contributed by atoms with Gasteiger partial charge in [0, 0.05) is 29.2 Å². The Morgan fingerprint density at radius 1 is 1.19 bits per heavy atom. The highest BCUT2D eigenvalue weighted by Crippen LogP contribution is 2.28. The lowest BCUT2D eigenvalue weighted by Gasteiger charge is -2.11. The molecule has 0 aliphatic rings. The third-order valence-electron chi connectivity index (χ3n) is 4.39. The van der Waals surface area contributed by atoms with E-state index in [0.717, 1.165) is 16.3 Å². The zero-order valence-corrected chi connectivity index (χ0v) is 14.7. The number of hydrogen-bond acceptors (Lipinski definition) is 3.